The van der Waals surface area contributed by atoms with Crippen LogP contribution < -0.4 is 0 Å². The van der Waals surface area contributed by atoms with E-state index in [0.29, 0.717) is 25.4 Å². The highest BCUT2D eigenvalue weighted by Gasteiger charge is 2.35. The van der Waals surface area contributed by atoms with Crippen molar-refractivity contribution in [2.75, 3.05) is 18.9 Å². The fourth-order valence-corrected chi connectivity index (χ4v) is 6.73. The van der Waals surface area contributed by atoms with Crippen molar-refractivity contribution in [2.24, 2.45) is 0 Å². The summed E-state index contributed by atoms with van der Waals surface area (Å²) in [5.41, 5.74) is -0.395. The Labute approximate surface area is 188 Å². The Bertz CT molecular complexity index is 428. The molecule has 0 aromatic heterocycles. The van der Waals surface area contributed by atoms with E-state index in [1.807, 2.05) is 20.8 Å². The van der Waals surface area contributed by atoms with Crippen molar-refractivity contribution in [3.8, 4) is 0 Å². The van der Waals surface area contributed by atoms with Gasteiger partial charge < -0.3 is 9.30 Å². The molecule has 0 amide bonds. The van der Waals surface area contributed by atoms with Crippen molar-refractivity contribution < 1.29 is 14.1 Å². The molecule has 0 N–H and O–H groups in total. The van der Waals surface area contributed by atoms with E-state index in [1.165, 1.54) is 89.9 Å². The van der Waals surface area contributed by atoms with E-state index in [0.717, 1.165) is 12.8 Å². The Balaban J connectivity index is 3.48. The first-order valence-electron chi connectivity index (χ1n) is 13.3. The molecule has 0 bridgehead atoms. The summed E-state index contributed by atoms with van der Waals surface area (Å²) in [6.45, 7) is 8.56. The van der Waals surface area contributed by atoms with Crippen molar-refractivity contribution in [2.45, 2.75) is 143 Å². The molecule has 0 aliphatic heterocycles. The second-order valence-electron chi connectivity index (χ2n) is 8.98. The monoisotopic (exact) mass is 444 g/mol. The Morgan fingerprint density at radius 2 is 1.00 bits per heavy atom. The average molecular weight is 445 g/mol. The van der Waals surface area contributed by atoms with Crippen LogP contribution in [0.2, 0.25) is 0 Å². The molecule has 0 spiro atoms. The van der Waals surface area contributed by atoms with Gasteiger partial charge in [-0.25, -0.2) is 0 Å². The molecule has 0 aromatic rings. The highest BCUT2D eigenvalue weighted by Crippen LogP contribution is 2.51. The second-order valence-corrected chi connectivity index (χ2v) is 12.8. The summed E-state index contributed by atoms with van der Waals surface area (Å²) in [7, 11) is -2.41. The smallest absolute Gasteiger partial charge is 0.316 e. The van der Waals surface area contributed by atoms with Gasteiger partial charge in [-0.15, -0.1) is 0 Å². The molecule has 0 radical (unpaired) electrons. The molecule has 0 saturated heterocycles. The van der Waals surface area contributed by atoms with Gasteiger partial charge in [0.1, 0.15) is 12.8 Å². The summed E-state index contributed by atoms with van der Waals surface area (Å²) in [6, 6.07) is 0. The number of carbonyl (C=O) groups excluding carboxylic acids is 1. The van der Waals surface area contributed by atoms with Crippen LogP contribution in [-0.2, 0) is 14.1 Å². The molecule has 0 fully saturated rings. The van der Waals surface area contributed by atoms with Gasteiger partial charge in [-0.2, -0.15) is 0 Å². The van der Waals surface area contributed by atoms with Gasteiger partial charge in [0.2, 0.25) is 0 Å². The Morgan fingerprint density at radius 1 is 0.633 bits per heavy atom. The Kier molecular flexibility index (Phi) is 20.4. The third-order valence-electron chi connectivity index (χ3n) is 6.54. The predicted molar refractivity (Wildman–Crippen MR) is 133 cm³/mol. The first kappa shape index (κ1) is 29.7. The maximum Gasteiger partial charge on any atom is 0.316 e. The van der Waals surface area contributed by atoms with Crippen molar-refractivity contribution in [1.82, 2.24) is 0 Å². The zero-order chi connectivity index (χ0) is 22.5. The molecule has 180 valence electrons. The van der Waals surface area contributed by atoms with Crippen LogP contribution in [0.3, 0.4) is 0 Å². The zero-order valence-corrected chi connectivity index (χ0v) is 21.8. The number of carbonyl (C=O) groups is 1. The Morgan fingerprint density at radius 3 is 1.33 bits per heavy atom. The SMILES string of the molecule is CCCCCCCCCCCCCCCCCCOC(=O)C(CC)P(=O)(CC)CC. The molecule has 0 aliphatic rings. The Hall–Kier alpha value is -0.300. The van der Waals surface area contributed by atoms with Crippen LogP contribution >= 0.6 is 7.14 Å². The molecule has 0 rings (SSSR count). The van der Waals surface area contributed by atoms with E-state index < -0.39 is 12.8 Å². The summed E-state index contributed by atoms with van der Waals surface area (Å²) in [5, 5.41) is 0. The predicted octanol–water partition coefficient (Wildman–Crippen LogP) is 8.97. The molecular formula is C26H53O3P. The third-order valence-corrected chi connectivity index (χ3v) is 10.4. The largest absolute Gasteiger partial charge is 0.465 e. The quantitative estimate of drug-likeness (QED) is 0.0950. The lowest BCUT2D eigenvalue weighted by molar-refractivity contribution is -0.143. The number of hydrogen-bond donors (Lipinski definition) is 0. The molecule has 4 heteroatoms. The van der Waals surface area contributed by atoms with E-state index in [9.17, 15) is 9.36 Å². The third kappa shape index (κ3) is 14.7. The number of ether oxygens (including phenoxy) is 1. The molecule has 1 atom stereocenters. The van der Waals surface area contributed by atoms with Gasteiger partial charge in [0.05, 0.1) is 6.61 Å². The summed E-state index contributed by atoms with van der Waals surface area (Å²) in [6.07, 6.45) is 23.2. The van der Waals surface area contributed by atoms with E-state index >= 15 is 0 Å². The van der Waals surface area contributed by atoms with E-state index in [-0.39, 0.29) is 5.97 Å². The van der Waals surface area contributed by atoms with Gasteiger partial charge in [-0.1, -0.05) is 124 Å². The van der Waals surface area contributed by atoms with Crippen LogP contribution in [0.25, 0.3) is 0 Å². The van der Waals surface area contributed by atoms with Gasteiger partial charge >= 0.3 is 5.97 Å². The van der Waals surface area contributed by atoms with E-state index in [4.69, 9.17) is 4.74 Å². The van der Waals surface area contributed by atoms with Crippen molar-refractivity contribution >= 4 is 13.1 Å². The lowest BCUT2D eigenvalue weighted by Gasteiger charge is -2.23. The van der Waals surface area contributed by atoms with Crippen LogP contribution in [0, 0.1) is 0 Å². The van der Waals surface area contributed by atoms with Crippen molar-refractivity contribution in [3.63, 3.8) is 0 Å². The van der Waals surface area contributed by atoms with Crippen molar-refractivity contribution in [1.29, 1.82) is 0 Å². The lowest BCUT2D eigenvalue weighted by Crippen LogP contribution is -2.25. The van der Waals surface area contributed by atoms with Crippen LogP contribution in [0.15, 0.2) is 0 Å². The van der Waals surface area contributed by atoms with Crippen LogP contribution in [0.4, 0.5) is 0 Å². The maximum atomic E-state index is 12.8. The second kappa shape index (κ2) is 20.6. The number of rotatable bonds is 22. The van der Waals surface area contributed by atoms with Gasteiger partial charge in [0, 0.05) is 0 Å². The first-order chi connectivity index (χ1) is 14.6. The summed E-state index contributed by atoms with van der Waals surface area (Å²) >= 11 is 0. The highest BCUT2D eigenvalue weighted by molar-refractivity contribution is 7.65. The minimum absolute atomic E-state index is 0.231. The molecular weight excluding hydrogens is 391 g/mol. The van der Waals surface area contributed by atoms with Crippen LogP contribution in [-0.4, -0.2) is 30.6 Å². The fraction of sp³-hybridized carbons (Fsp3) is 0.962. The standard InChI is InChI=1S/C26H53O3P/c1-5-9-10-11-12-13-14-15-16-17-18-19-20-21-22-23-24-29-26(27)25(6-2)30(28,7-3)8-4/h25H,5-24H2,1-4H3. The molecule has 0 aliphatic carbocycles. The highest BCUT2D eigenvalue weighted by atomic mass is 31.2. The number of esters is 1. The first-order valence-corrected chi connectivity index (χ1v) is 15.4. The molecule has 0 saturated carbocycles. The van der Waals surface area contributed by atoms with Gasteiger partial charge in [-0.05, 0) is 25.2 Å². The summed E-state index contributed by atoms with van der Waals surface area (Å²) < 4.78 is 18.3. The van der Waals surface area contributed by atoms with Crippen LogP contribution in [0.5, 0.6) is 0 Å². The molecule has 30 heavy (non-hydrogen) atoms. The molecule has 0 aromatic carbocycles. The summed E-state index contributed by atoms with van der Waals surface area (Å²) in [4.78, 5) is 12.3. The van der Waals surface area contributed by atoms with Gasteiger partial charge in [0.25, 0.3) is 0 Å². The molecule has 1 unspecified atom stereocenters. The fourth-order valence-electron chi connectivity index (χ4n) is 4.27. The number of unbranched alkanes of at least 4 members (excludes halogenated alkanes) is 15. The minimum atomic E-state index is -2.41. The molecule has 0 heterocycles. The van der Waals surface area contributed by atoms with Gasteiger partial charge in [0.15, 0.2) is 0 Å². The maximum absolute atomic E-state index is 12.8. The van der Waals surface area contributed by atoms with Crippen LogP contribution in [0.1, 0.15) is 137 Å². The van der Waals surface area contributed by atoms with E-state index in [1.54, 1.807) is 0 Å². The normalized spacial score (nSPS) is 12.8. The van der Waals surface area contributed by atoms with Crippen molar-refractivity contribution in [3.05, 3.63) is 0 Å². The summed E-state index contributed by atoms with van der Waals surface area (Å²) in [5.74, 6) is -0.231. The topological polar surface area (TPSA) is 43.4 Å². The minimum Gasteiger partial charge on any atom is -0.465 e. The lowest BCUT2D eigenvalue weighted by atomic mass is 10.0. The molecule has 3 nitrogen and oxygen atoms in total. The van der Waals surface area contributed by atoms with Gasteiger partial charge in [-0.3, -0.25) is 4.79 Å². The number of hydrogen-bond acceptors (Lipinski definition) is 3. The van der Waals surface area contributed by atoms with E-state index in [2.05, 4.69) is 6.92 Å². The average Bonchev–Trinajstić information content (AvgIpc) is 2.76. The zero-order valence-electron chi connectivity index (χ0n) is 20.9.